The monoisotopic (exact) mass is 277 g/mol. The Hall–Kier alpha value is -2.29. The first kappa shape index (κ1) is 11.4. The molecule has 1 saturated carbocycles. The maximum Gasteiger partial charge on any atom is 0.177 e. The fourth-order valence-corrected chi connectivity index (χ4v) is 3.74. The van der Waals surface area contributed by atoms with Crippen LogP contribution in [0.15, 0.2) is 36.4 Å². The van der Waals surface area contributed by atoms with Gasteiger partial charge in [-0.25, -0.2) is 0 Å². The summed E-state index contributed by atoms with van der Waals surface area (Å²) in [5.74, 6) is 1.47. The fraction of sp³-hybridized carbons (Fsp3) is 0.278. The van der Waals surface area contributed by atoms with Gasteiger partial charge in [-0.05, 0) is 36.5 Å². The van der Waals surface area contributed by atoms with Gasteiger partial charge in [0, 0.05) is 22.4 Å². The van der Waals surface area contributed by atoms with Crippen LogP contribution in [-0.2, 0) is 0 Å². The standard InChI is InChI=1S/C18H15NO2/c19-13-3-1-2-12-15(13)17(20)16-11-7-6-10(9-4-5-9)8-14(11)21-18(12)16/h1-3,6-9,16,18H,4-5,19H2. The van der Waals surface area contributed by atoms with Crippen molar-refractivity contribution < 1.29 is 9.53 Å². The highest BCUT2D eigenvalue weighted by Crippen LogP contribution is 2.55. The van der Waals surface area contributed by atoms with E-state index in [4.69, 9.17) is 10.5 Å². The number of anilines is 1. The molecule has 2 aromatic carbocycles. The number of ether oxygens (including phenoxy) is 1. The molecule has 0 radical (unpaired) electrons. The first-order valence-electron chi connectivity index (χ1n) is 7.47. The summed E-state index contributed by atoms with van der Waals surface area (Å²) in [5, 5.41) is 0. The van der Waals surface area contributed by atoms with Crippen LogP contribution in [0.1, 0.15) is 57.8 Å². The van der Waals surface area contributed by atoms with Crippen molar-refractivity contribution in [3.8, 4) is 5.75 Å². The van der Waals surface area contributed by atoms with E-state index in [0.29, 0.717) is 17.2 Å². The third kappa shape index (κ3) is 1.41. The first-order valence-corrected chi connectivity index (χ1v) is 7.47. The minimum Gasteiger partial charge on any atom is -0.484 e. The van der Waals surface area contributed by atoms with E-state index in [2.05, 4.69) is 18.2 Å². The lowest BCUT2D eigenvalue weighted by Gasteiger charge is -2.10. The molecule has 2 unspecified atom stereocenters. The summed E-state index contributed by atoms with van der Waals surface area (Å²) >= 11 is 0. The van der Waals surface area contributed by atoms with Gasteiger partial charge >= 0.3 is 0 Å². The number of carbonyl (C=O) groups excluding carboxylic acids is 1. The minimum absolute atomic E-state index is 0.103. The minimum atomic E-state index is -0.215. The number of Topliss-reactive ketones (excluding diaryl/α,β-unsaturated/α-hetero) is 1. The molecule has 0 saturated heterocycles. The molecule has 5 rings (SSSR count). The molecule has 2 aliphatic carbocycles. The molecule has 1 fully saturated rings. The van der Waals surface area contributed by atoms with Crippen LogP contribution in [0.5, 0.6) is 5.75 Å². The molecule has 0 spiro atoms. The van der Waals surface area contributed by atoms with Gasteiger partial charge in [-0.2, -0.15) is 0 Å². The maximum atomic E-state index is 12.7. The van der Waals surface area contributed by atoms with Crippen molar-refractivity contribution in [1.82, 2.24) is 0 Å². The summed E-state index contributed by atoms with van der Waals surface area (Å²) in [5.41, 5.74) is 10.5. The Morgan fingerprint density at radius 2 is 1.95 bits per heavy atom. The normalized spacial score (nSPS) is 25.2. The molecule has 3 aliphatic rings. The van der Waals surface area contributed by atoms with E-state index in [-0.39, 0.29) is 17.8 Å². The zero-order chi connectivity index (χ0) is 14.1. The molecule has 2 aromatic rings. The Labute approximate surface area is 122 Å². The van der Waals surface area contributed by atoms with Gasteiger partial charge in [0.1, 0.15) is 11.9 Å². The van der Waals surface area contributed by atoms with E-state index >= 15 is 0 Å². The maximum absolute atomic E-state index is 12.7. The van der Waals surface area contributed by atoms with Crippen LogP contribution in [0, 0.1) is 0 Å². The SMILES string of the molecule is Nc1cccc2c1C(=O)C1c3ccc(C4CC4)cc3OC21. The highest BCUT2D eigenvalue weighted by atomic mass is 16.5. The predicted molar refractivity (Wildman–Crippen MR) is 79.7 cm³/mol. The van der Waals surface area contributed by atoms with Crippen molar-refractivity contribution in [1.29, 1.82) is 0 Å². The number of carbonyl (C=O) groups is 1. The van der Waals surface area contributed by atoms with Gasteiger partial charge in [0.25, 0.3) is 0 Å². The van der Waals surface area contributed by atoms with Crippen LogP contribution in [0.2, 0.25) is 0 Å². The van der Waals surface area contributed by atoms with Crippen LogP contribution in [0.25, 0.3) is 0 Å². The molecule has 3 nitrogen and oxygen atoms in total. The Bertz CT molecular complexity index is 792. The summed E-state index contributed by atoms with van der Waals surface area (Å²) in [6.45, 7) is 0. The van der Waals surface area contributed by atoms with Gasteiger partial charge in [-0.15, -0.1) is 0 Å². The topological polar surface area (TPSA) is 52.3 Å². The second kappa shape index (κ2) is 3.67. The molecule has 21 heavy (non-hydrogen) atoms. The molecule has 0 amide bonds. The largest absolute Gasteiger partial charge is 0.484 e. The first-order chi connectivity index (χ1) is 10.2. The van der Waals surface area contributed by atoms with Gasteiger partial charge in [0.05, 0.1) is 5.92 Å². The molecule has 0 aromatic heterocycles. The van der Waals surface area contributed by atoms with E-state index in [1.54, 1.807) is 6.07 Å². The van der Waals surface area contributed by atoms with E-state index < -0.39 is 0 Å². The second-order valence-electron chi connectivity index (χ2n) is 6.26. The average molecular weight is 277 g/mol. The molecular formula is C18H15NO2. The summed E-state index contributed by atoms with van der Waals surface area (Å²) < 4.78 is 6.12. The second-order valence-corrected chi connectivity index (χ2v) is 6.26. The number of nitrogens with two attached hydrogens (primary N) is 1. The number of benzene rings is 2. The number of hydrogen-bond donors (Lipinski definition) is 1. The summed E-state index contributed by atoms with van der Waals surface area (Å²) in [4.78, 5) is 12.7. The Morgan fingerprint density at radius 1 is 1.10 bits per heavy atom. The van der Waals surface area contributed by atoms with Gasteiger partial charge in [0.15, 0.2) is 5.78 Å². The number of fused-ring (bicyclic) bond motifs is 5. The lowest BCUT2D eigenvalue weighted by Crippen LogP contribution is -2.08. The van der Waals surface area contributed by atoms with Gasteiger partial charge in [-0.3, -0.25) is 4.79 Å². The lowest BCUT2D eigenvalue weighted by molar-refractivity contribution is 0.0935. The Kier molecular flexibility index (Phi) is 1.99. The summed E-state index contributed by atoms with van der Waals surface area (Å²) in [6.07, 6.45) is 2.34. The molecule has 2 atom stereocenters. The zero-order valence-corrected chi connectivity index (χ0v) is 11.5. The third-order valence-electron chi connectivity index (χ3n) is 4.94. The molecule has 104 valence electrons. The van der Waals surface area contributed by atoms with E-state index in [0.717, 1.165) is 16.9 Å². The van der Waals surface area contributed by atoms with Crippen molar-refractivity contribution in [2.75, 3.05) is 5.73 Å². The van der Waals surface area contributed by atoms with Crippen molar-refractivity contribution in [2.45, 2.75) is 30.8 Å². The predicted octanol–water partition coefficient (Wildman–Crippen LogP) is 3.56. The summed E-state index contributed by atoms with van der Waals surface area (Å²) in [7, 11) is 0. The number of hydrogen-bond acceptors (Lipinski definition) is 3. The lowest BCUT2D eigenvalue weighted by atomic mass is 9.93. The Balaban J connectivity index is 1.64. The van der Waals surface area contributed by atoms with Gasteiger partial charge in [-0.1, -0.05) is 24.3 Å². The molecule has 0 bridgehead atoms. The molecule has 2 N–H and O–H groups in total. The molecular weight excluding hydrogens is 262 g/mol. The molecule has 1 aliphatic heterocycles. The molecule has 1 heterocycles. The van der Waals surface area contributed by atoms with Crippen LogP contribution in [-0.4, -0.2) is 5.78 Å². The van der Waals surface area contributed by atoms with Gasteiger partial charge in [0.2, 0.25) is 0 Å². The van der Waals surface area contributed by atoms with Gasteiger partial charge < -0.3 is 10.5 Å². The average Bonchev–Trinajstić information content (AvgIpc) is 3.20. The third-order valence-corrected chi connectivity index (χ3v) is 4.94. The van der Waals surface area contributed by atoms with Crippen molar-refractivity contribution in [2.24, 2.45) is 0 Å². The molecule has 3 heteroatoms. The number of ketones is 1. The highest BCUT2D eigenvalue weighted by Gasteiger charge is 2.48. The van der Waals surface area contributed by atoms with Crippen molar-refractivity contribution in [3.63, 3.8) is 0 Å². The highest BCUT2D eigenvalue weighted by molar-refractivity contribution is 6.10. The van der Waals surface area contributed by atoms with Crippen LogP contribution in [0.4, 0.5) is 5.69 Å². The zero-order valence-electron chi connectivity index (χ0n) is 11.5. The van der Waals surface area contributed by atoms with Crippen LogP contribution in [0.3, 0.4) is 0 Å². The fourth-order valence-electron chi connectivity index (χ4n) is 3.74. The van der Waals surface area contributed by atoms with Crippen LogP contribution < -0.4 is 10.5 Å². The van der Waals surface area contributed by atoms with E-state index in [1.807, 2.05) is 12.1 Å². The van der Waals surface area contributed by atoms with E-state index in [9.17, 15) is 4.79 Å². The van der Waals surface area contributed by atoms with Crippen molar-refractivity contribution >= 4 is 11.5 Å². The van der Waals surface area contributed by atoms with Crippen LogP contribution >= 0.6 is 0 Å². The Morgan fingerprint density at radius 3 is 2.76 bits per heavy atom. The number of nitrogen functional groups attached to an aromatic ring is 1. The smallest absolute Gasteiger partial charge is 0.177 e. The van der Waals surface area contributed by atoms with Crippen molar-refractivity contribution in [3.05, 3.63) is 58.7 Å². The van der Waals surface area contributed by atoms with E-state index in [1.165, 1.54) is 18.4 Å². The summed E-state index contributed by atoms with van der Waals surface area (Å²) in [6, 6.07) is 12.0. The number of rotatable bonds is 1. The quantitative estimate of drug-likeness (QED) is 0.811.